The molecule has 0 fully saturated rings. The van der Waals surface area contributed by atoms with E-state index in [1.165, 1.54) is 12.1 Å². The fraction of sp³-hybridized carbons (Fsp3) is 0.143. The molecule has 28 heavy (non-hydrogen) atoms. The van der Waals surface area contributed by atoms with E-state index in [4.69, 9.17) is 44.3 Å². The lowest BCUT2D eigenvalue weighted by atomic mass is 10.1. The van der Waals surface area contributed by atoms with E-state index in [1.807, 2.05) is 24.3 Å². The Labute approximate surface area is 177 Å². The molecule has 0 amide bonds. The van der Waals surface area contributed by atoms with Crippen LogP contribution in [0.15, 0.2) is 54.6 Å². The van der Waals surface area contributed by atoms with Crippen LogP contribution in [-0.4, -0.2) is 7.11 Å². The number of benzene rings is 3. The van der Waals surface area contributed by atoms with Crippen molar-refractivity contribution in [3.8, 4) is 11.5 Å². The van der Waals surface area contributed by atoms with Crippen LogP contribution in [0.25, 0.3) is 0 Å². The molecule has 0 saturated carbocycles. The SMILES string of the molecule is COc1cccc(CNc2ccc(Cl)c(Cl)c2)c1OCc1ccc(F)cc1Cl. The molecule has 0 spiro atoms. The Hall–Kier alpha value is -2.14. The van der Waals surface area contributed by atoms with E-state index in [1.54, 1.807) is 25.3 Å². The lowest BCUT2D eigenvalue weighted by molar-refractivity contribution is 0.281. The highest BCUT2D eigenvalue weighted by Gasteiger charge is 2.12. The van der Waals surface area contributed by atoms with Crippen LogP contribution < -0.4 is 14.8 Å². The number of hydrogen-bond acceptors (Lipinski definition) is 3. The van der Waals surface area contributed by atoms with E-state index >= 15 is 0 Å². The van der Waals surface area contributed by atoms with Crippen molar-refractivity contribution >= 4 is 40.5 Å². The van der Waals surface area contributed by atoms with Crippen LogP contribution in [0.4, 0.5) is 10.1 Å². The van der Waals surface area contributed by atoms with Gasteiger partial charge in [0.1, 0.15) is 12.4 Å². The molecule has 0 aliphatic heterocycles. The van der Waals surface area contributed by atoms with E-state index in [0.29, 0.717) is 38.7 Å². The number of rotatable bonds is 7. The van der Waals surface area contributed by atoms with Gasteiger partial charge in [0.05, 0.1) is 22.2 Å². The summed E-state index contributed by atoms with van der Waals surface area (Å²) in [6.45, 7) is 0.654. The summed E-state index contributed by atoms with van der Waals surface area (Å²) in [6.07, 6.45) is 0. The third kappa shape index (κ3) is 5.02. The molecule has 1 N–H and O–H groups in total. The molecule has 0 atom stereocenters. The molecule has 0 aliphatic carbocycles. The van der Waals surface area contributed by atoms with E-state index in [0.717, 1.165) is 11.3 Å². The van der Waals surface area contributed by atoms with Crippen molar-refractivity contribution in [3.63, 3.8) is 0 Å². The normalized spacial score (nSPS) is 10.6. The van der Waals surface area contributed by atoms with E-state index in [2.05, 4.69) is 5.32 Å². The fourth-order valence-electron chi connectivity index (χ4n) is 2.62. The van der Waals surface area contributed by atoms with Crippen LogP contribution in [-0.2, 0) is 13.2 Å². The smallest absolute Gasteiger partial charge is 0.166 e. The van der Waals surface area contributed by atoms with Gasteiger partial charge in [-0.2, -0.15) is 0 Å². The van der Waals surface area contributed by atoms with Gasteiger partial charge in [0, 0.05) is 23.4 Å². The van der Waals surface area contributed by atoms with Crippen molar-refractivity contribution in [2.45, 2.75) is 13.2 Å². The zero-order valence-electron chi connectivity index (χ0n) is 14.9. The molecule has 3 nitrogen and oxygen atoms in total. The van der Waals surface area contributed by atoms with Gasteiger partial charge in [-0.3, -0.25) is 0 Å². The van der Waals surface area contributed by atoms with Crippen molar-refractivity contribution in [2.75, 3.05) is 12.4 Å². The summed E-state index contributed by atoms with van der Waals surface area (Å²) >= 11 is 18.1. The Kier molecular flexibility index (Phi) is 6.89. The minimum absolute atomic E-state index is 0.180. The maximum absolute atomic E-state index is 13.2. The van der Waals surface area contributed by atoms with Crippen molar-refractivity contribution < 1.29 is 13.9 Å². The molecule has 0 heterocycles. The second kappa shape index (κ2) is 9.37. The second-order valence-electron chi connectivity index (χ2n) is 5.96. The summed E-state index contributed by atoms with van der Waals surface area (Å²) in [5, 5.41) is 4.56. The monoisotopic (exact) mass is 439 g/mol. The predicted octanol–water partition coefficient (Wildman–Crippen LogP) is 6.99. The van der Waals surface area contributed by atoms with Gasteiger partial charge in [-0.05, 0) is 36.4 Å². The first kappa shape index (κ1) is 20.6. The molecule has 0 unspecified atom stereocenters. The quantitative estimate of drug-likeness (QED) is 0.429. The van der Waals surface area contributed by atoms with Crippen LogP contribution in [0.1, 0.15) is 11.1 Å². The topological polar surface area (TPSA) is 30.5 Å². The predicted molar refractivity (Wildman–Crippen MR) is 113 cm³/mol. The molecule has 3 aromatic carbocycles. The van der Waals surface area contributed by atoms with Gasteiger partial charge >= 0.3 is 0 Å². The van der Waals surface area contributed by atoms with Gasteiger partial charge in [-0.25, -0.2) is 4.39 Å². The largest absolute Gasteiger partial charge is 0.493 e. The van der Waals surface area contributed by atoms with Gasteiger partial charge in [-0.15, -0.1) is 0 Å². The number of para-hydroxylation sites is 1. The molecular formula is C21H17Cl3FNO2. The van der Waals surface area contributed by atoms with Gasteiger partial charge in [0.25, 0.3) is 0 Å². The van der Waals surface area contributed by atoms with Crippen molar-refractivity contribution in [2.24, 2.45) is 0 Å². The lowest BCUT2D eigenvalue weighted by Gasteiger charge is -2.16. The molecule has 0 saturated heterocycles. The average Bonchev–Trinajstić information content (AvgIpc) is 2.68. The highest BCUT2D eigenvalue weighted by Crippen LogP contribution is 2.33. The zero-order valence-corrected chi connectivity index (χ0v) is 17.2. The van der Waals surface area contributed by atoms with Crippen LogP contribution in [0.5, 0.6) is 11.5 Å². The Balaban J connectivity index is 1.78. The minimum atomic E-state index is -0.391. The van der Waals surface area contributed by atoms with E-state index in [-0.39, 0.29) is 6.61 Å². The Morgan fingerprint density at radius 1 is 0.893 bits per heavy atom. The molecule has 0 radical (unpaired) electrons. The Morgan fingerprint density at radius 2 is 1.71 bits per heavy atom. The highest BCUT2D eigenvalue weighted by molar-refractivity contribution is 6.42. The summed E-state index contributed by atoms with van der Waals surface area (Å²) in [6, 6.07) is 15.1. The summed E-state index contributed by atoms with van der Waals surface area (Å²) in [7, 11) is 1.57. The lowest BCUT2D eigenvalue weighted by Crippen LogP contribution is -2.05. The Morgan fingerprint density at radius 3 is 2.43 bits per heavy atom. The van der Waals surface area contributed by atoms with Gasteiger partial charge in [0.15, 0.2) is 11.5 Å². The van der Waals surface area contributed by atoms with E-state index < -0.39 is 5.82 Å². The number of methoxy groups -OCH3 is 1. The van der Waals surface area contributed by atoms with Gasteiger partial charge in [0.2, 0.25) is 0 Å². The second-order valence-corrected chi connectivity index (χ2v) is 7.18. The molecule has 3 aromatic rings. The number of nitrogens with one attached hydrogen (secondary N) is 1. The first-order valence-corrected chi connectivity index (χ1v) is 9.53. The zero-order chi connectivity index (χ0) is 20.1. The van der Waals surface area contributed by atoms with Crippen LogP contribution >= 0.6 is 34.8 Å². The van der Waals surface area contributed by atoms with Crippen molar-refractivity contribution in [1.29, 1.82) is 0 Å². The van der Waals surface area contributed by atoms with Crippen LogP contribution in [0.3, 0.4) is 0 Å². The molecule has 3 rings (SSSR count). The van der Waals surface area contributed by atoms with Crippen molar-refractivity contribution in [1.82, 2.24) is 0 Å². The third-order valence-corrected chi connectivity index (χ3v) is 5.16. The van der Waals surface area contributed by atoms with Gasteiger partial charge in [-0.1, -0.05) is 53.0 Å². The standard InChI is InChI=1S/C21H17Cl3FNO2/c1-27-20-4-2-3-13(11-26-16-7-8-17(22)19(24)10-16)21(20)28-12-14-5-6-15(25)9-18(14)23/h2-10,26H,11-12H2,1H3. The molecule has 146 valence electrons. The molecular weight excluding hydrogens is 424 g/mol. The molecule has 7 heteroatoms. The van der Waals surface area contributed by atoms with Gasteiger partial charge < -0.3 is 14.8 Å². The number of ether oxygens (including phenoxy) is 2. The van der Waals surface area contributed by atoms with Crippen LogP contribution in [0, 0.1) is 5.82 Å². The first-order valence-electron chi connectivity index (χ1n) is 8.39. The number of halogens is 4. The Bertz CT molecular complexity index is 982. The molecule has 0 aromatic heterocycles. The molecule has 0 aliphatic rings. The maximum Gasteiger partial charge on any atom is 0.166 e. The maximum atomic E-state index is 13.2. The summed E-state index contributed by atoms with van der Waals surface area (Å²) in [5.41, 5.74) is 2.38. The van der Waals surface area contributed by atoms with E-state index in [9.17, 15) is 4.39 Å². The molecule has 0 bridgehead atoms. The first-order chi connectivity index (χ1) is 13.5. The average molecular weight is 441 g/mol. The summed E-state index contributed by atoms with van der Waals surface area (Å²) in [5.74, 6) is 0.780. The number of hydrogen-bond donors (Lipinski definition) is 1. The summed E-state index contributed by atoms with van der Waals surface area (Å²) < 4.78 is 24.6. The number of anilines is 1. The fourth-order valence-corrected chi connectivity index (χ4v) is 3.14. The highest BCUT2D eigenvalue weighted by atomic mass is 35.5. The van der Waals surface area contributed by atoms with Crippen molar-refractivity contribution in [3.05, 3.63) is 86.6 Å². The summed E-state index contributed by atoms with van der Waals surface area (Å²) in [4.78, 5) is 0. The van der Waals surface area contributed by atoms with Crippen LogP contribution in [0.2, 0.25) is 15.1 Å². The third-order valence-electron chi connectivity index (χ3n) is 4.07. The minimum Gasteiger partial charge on any atom is -0.493 e.